The van der Waals surface area contributed by atoms with Crippen LogP contribution in [0.2, 0.25) is 0 Å². The quantitative estimate of drug-likeness (QED) is 0.748. The fraction of sp³-hybridized carbons (Fsp3) is 0.750. The van der Waals surface area contributed by atoms with Crippen LogP contribution in [0.5, 0.6) is 0 Å². The molecule has 0 amide bonds. The van der Waals surface area contributed by atoms with E-state index in [1.807, 2.05) is 0 Å². The molecule has 0 aliphatic heterocycles. The summed E-state index contributed by atoms with van der Waals surface area (Å²) in [7, 11) is 0. The first-order chi connectivity index (χ1) is 9.78. The van der Waals surface area contributed by atoms with E-state index in [2.05, 4.69) is 42.0 Å². The molecule has 1 aromatic heterocycles. The number of aromatic nitrogens is 2. The minimum absolute atomic E-state index is 0.707. The molecule has 1 heterocycles. The monoisotopic (exact) mass is 276 g/mol. The van der Waals surface area contributed by atoms with Gasteiger partial charge in [-0.3, -0.25) is 0 Å². The van der Waals surface area contributed by atoms with Gasteiger partial charge < -0.3 is 10.2 Å². The molecular formula is C16H28N4. The molecule has 4 heteroatoms. The average Bonchev–Trinajstić information content (AvgIpc) is 3.27. The molecule has 0 unspecified atom stereocenters. The van der Waals surface area contributed by atoms with Gasteiger partial charge in [-0.15, -0.1) is 0 Å². The van der Waals surface area contributed by atoms with Gasteiger partial charge in [0, 0.05) is 31.6 Å². The van der Waals surface area contributed by atoms with Crippen molar-refractivity contribution < 1.29 is 0 Å². The lowest BCUT2D eigenvalue weighted by molar-refractivity contribution is 0.736. The van der Waals surface area contributed by atoms with Crippen LogP contribution in [0.15, 0.2) is 6.07 Å². The van der Waals surface area contributed by atoms with E-state index in [0.29, 0.717) is 6.04 Å². The van der Waals surface area contributed by atoms with Crippen LogP contribution in [0.4, 0.5) is 11.6 Å². The summed E-state index contributed by atoms with van der Waals surface area (Å²) in [5.41, 5.74) is 0. The van der Waals surface area contributed by atoms with E-state index in [1.165, 1.54) is 19.3 Å². The van der Waals surface area contributed by atoms with Crippen molar-refractivity contribution in [2.75, 3.05) is 23.3 Å². The van der Waals surface area contributed by atoms with Crippen molar-refractivity contribution in [3.8, 4) is 0 Å². The lowest BCUT2D eigenvalue weighted by Crippen LogP contribution is -2.28. The third-order valence-electron chi connectivity index (χ3n) is 3.54. The fourth-order valence-electron chi connectivity index (χ4n) is 2.42. The number of rotatable bonds is 9. The van der Waals surface area contributed by atoms with Crippen molar-refractivity contribution >= 4 is 11.6 Å². The van der Waals surface area contributed by atoms with Gasteiger partial charge >= 0.3 is 0 Å². The van der Waals surface area contributed by atoms with E-state index < -0.39 is 0 Å². The van der Waals surface area contributed by atoms with E-state index in [-0.39, 0.29) is 0 Å². The predicted octanol–water partition coefficient (Wildman–Crippen LogP) is 3.63. The number of aryl methyl sites for hydroxylation is 1. The molecule has 0 spiro atoms. The van der Waals surface area contributed by atoms with Crippen molar-refractivity contribution in [2.24, 2.45) is 0 Å². The number of hydrogen-bond donors (Lipinski definition) is 1. The first-order valence-electron chi connectivity index (χ1n) is 8.16. The molecule has 1 fully saturated rings. The summed E-state index contributed by atoms with van der Waals surface area (Å²) in [6.45, 7) is 8.66. The maximum Gasteiger partial charge on any atom is 0.134 e. The highest BCUT2D eigenvalue weighted by Crippen LogP contribution is 2.31. The van der Waals surface area contributed by atoms with Gasteiger partial charge in [-0.2, -0.15) is 0 Å². The van der Waals surface area contributed by atoms with Crippen molar-refractivity contribution in [1.82, 2.24) is 9.97 Å². The number of anilines is 2. The van der Waals surface area contributed by atoms with Crippen LogP contribution in [-0.4, -0.2) is 29.1 Å². The van der Waals surface area contributed by atoms with Gasteiger partial charge in [-0.05, 0) is 32.1 Å². The van der Waals surface area contributed by atoms with Gasteiger partial charge in [-0.1, -0.05) is 20.8 Å². The van der Waals surface area contributed by atoms with Gasteiger partial charge in [0.1, 0.15) is 17.5 Å². The Morgan fingerprint density at radius 2 is 1.95 bits per heavy atom. The Morgan fingerprint density at radius 3 is 2.55 bits per heavy atom. The third-order valence-corrected chi connectivity index (χ3v) is 3.54. The first kappa shape index (κ1) is 15.1. The van der Waals surface area contributed by atoms with E-state index in [1.54, 1.807) is 0 Å². The third kappa shape index (κ3) is 4.09. The minimum atomic E-state index is 0.707. The largest absolute Gasteiger partial charge is 0.370 e. The van der Waals surface area contributed by atoms with Crippen molar-refractivity contribution in [2.45, 2.75) is 65.3 Å². The Balaban J connectivity index is 2.21. The molecule has 1 aromatic rings. The number of nitrogens with zero attached hydrogens (tertiary/aromatic N) is 3. The molecular weight excluding hydrogens is 248 g/mol. The smallest absolute Gasteiger partial charge is 0.134 e. The van der Waals surface area contributed by atoms with Crippen LogP contribution in [0.3, 0.4) is 0 Å². The van der Waals surface area contributed by atoms with Crippen LogP contribution < -0.4 is 10.2 Å². The molecule has 0 radical (unpaired) electrons. The summed E-state index contributed by atoms with van der Waals surface area (Å²) in [4.78, 5) is 11.9. The standard InChI is InChI=1S/C16H28N4/c1-4-7-14-18-15(17-10-5-2)12-16(19-14)20(11-6-3)13-8-9-13/h12-13H,4-11H2,1-3H3,(H,17,18,19). The summed E-state index contributed by atoms with van der Waals surface area (Å²) < 4.78 is 0. The summed E-state index contributed by atoms with van der Waals surface area (Å²) in [6.07, 6.45) is 6.95. The van der Waals surface area contributed by atoms with Gasteiger partial charge in [0.05, 0.1) is 0 Å². The summed E-state index contributed by atoms with van der Waals surface area (Å²) in [5.74, 6) is 3.08. The van der Waals surface area contributed by atoms with Gasteiger partial charge in [-0.25, -0.2) is 9.97 Å². The second-order valence-electron chi connectivity index (χ2n) is 5.63. The Morgan fingerprint density at radius 1 is 1.15 bits per heavy atom. The van der Waals surface area contributed by atoms with Gasteiger partial charge in [0.25, 0.3) is 0 Å². The Bertz CT molecular complexity index is 415. The van der Waals surface area contributed by atoms with Crippen molar-refractivity contribution in [3.63, 3.8) is 0 Å². The Labute approximate surface area is 123 Å². The van der Waals surface area contributed by atoms with E-state index >= 15 is 0 Å². The minimum Gasteiger partial charge on any atom is -0.370 e. The Kier molecular flexibility index (Phi) is 5.62. The number of hydrogen-bond acceptors (Lipinski definition) is 4. The molecule has 0 aromatic carbocycles. The van der Waals surface area contributed by atoms with Crippen LogP contribution in [0.25, 0.3) is 0 Å². The summed E-state index contributed by atoms with van der Waals surface area (Å²) in [6, 6.07) is 2.83. The lowest BCUT2D eigenvalue weighted by atomic mass is 10.3. The van der Waals surface area contributed by atoms with Gasteiger partial charge in [0.15, 0.2) is 0 Å². The van der Waals surface area contributed by atoms with E-state index in [0.717, 1.165) is 49.8 Å². The molecule has 0 atom stereocenters. The molecule has 1 N–H and O–H groups in total. The zero-order chi connectivity index (χ0) is 14.4. The maximum absolute atomic E-state index is 4.79. The molecule has 1 aliphatic rings. The fourth-order valence-corrected chi connectivity index (χ4v) is 2.42. The van der Waals surface area contributed by atoms with Crippen molar-refractivity contribution in [1.29, 1.82) is 0 Å². The predicted molar refractivity (Wildman–Crippen MR) is 85.5 cm³/mol. The zero-order valence-electron chi connectivity index (χ0n) is 13.2. The van der Waals surface area contributed by atoms with E-state index in [9.17, 15) is 0 Å². The molecule has 2 rings (SSSR count). The maximum atomic E-state index is 4.79. The molecule has 1 saturated carbocycles. The lowest BCUT2D eigenvalue weighted by Gasteiger charge is -2.24. The Hall–Kier alpha value is -1.32. The molecule has 1 aliphatic carbocycles. The van der Waals surface area contributed by atoms with E-state index in [4.69, 9.17) is 4.98 Å². The molecule has 4 nitrogen and oxygen atoms in total. The molecule has 112 valence electrons. The van der Waals surface area contributed by atoms with Crippen LogP contribution in [0.1, 0.15) is 58.7 Å². The topological polar surface area (TPSA) is 41.0 Å². The zero-order valence-corrected chi connectivity index (χ0v) is 13.2. The second-order valence-corrected chi connectivity index (χ2v) is 5.63. The highest BCUT2D eigenvalue weighted by molar-refractivity contribution is 5.51. The summed E-state index contributed by atoms with van der Waals surface area (Å²) in [5, 5.41) is 3.41. The molecule has 0 bridgehead atoms. The SMILES string of the molecule is CCCNc1cc(N(CCC)C2CC2)nc(CCC)n1. The highest BCUT2D eigenvalue weighted by Gasteiger charge is 2.29. The average molecular weight is 276 g/mol. The summed E-state index contributed by atoms with van der Waals surface area (Å²) >= 11 is 0. The first-order valence-corrected chi connectivity index (χ1v) is 8.16. The molecule has 0 saturated heterocycles. The second kappa shape index (κ2) is 7.46. The van der Waals surface area contributed by atoms with Crippen LogP contribution in [0, 0.1) is 0 Å². The van der Waals surface area contributed by atoms with Crippen LogP contribution >= 0.6 is 0 Å². The number of nitrogens with one attached hydrogen (secondary N) is 1. The van der Waals surface area contributed by atoms with Crippen molar-refractivity contribution in [3.05, 3.63) is 11.9 Å². The highest BCUT2D eigenvalue weighted by atomic mass is 15.2. The normalized spacial score (nSPS) is 14.3. The van der Waals surface area contributed by atoms with Gasteiger partial charge in [0.2, 0.25) is 0 Å². The molecule has 20 heavy (non-hydrogen) atoms. The van der Waals surface area contributed by atoms with Crippen LogP contribution in [-0.2, 0) is 6.42 Å².